The topological polar surface area (TPSA) is 92.3 Å². The van der Waals surface area contributed by atoms with E-state index in [0.717, 1.165) is 0 Å². The van der Waals surface area contributed by atoms with E-state index in [1.54, 1.807) is 0 Å². The number of hydrogen-bond acceptors (Lipinski definition) is 4. The van der Waals surface area contributed by atoms with E-state index in [2.05, 4.69) is 9.44 Å². The van der Waals surface area contributed by atoms with Crippen molar-refractivity contribution in [3.63, 3.8) is 0 Å². The van der Waals surface area contributed by atoms with Gasteiger partial charge in [-0.15, -0.1) is 0 Å². The molecule has 28 heavy (non-hydrogen) atoms. The van der Waals surface area contributed by atoms with Crippen LogP contribution in [0.4, 0.5) is 0 Å². The van der Waals surface area contributed by atoms with Gasteiger partial charge in [0.25, 0.3) is 0 Å². The molecule has 2 aromatic carbocycles. The number of halogens is 2. The molecule has 0 amide bonds. The maximum Gasteiger partial charge on any atom is 0.240 e. The van der Waals surface area contributed by atoms with Gasteiger partial charge in [0.05, 0.1) is 9.79 Å². The third-order valence-corrected chi connectivity index (χ3v) is 8.20. The predicted octanol–water partition coefficient (Wildman–Crippen LogP) is 3.56. The fourth-order valence-corrected chi connectivity index (χ4v) is 5.99. The zero-order valence-electron chi connectivity index (χ0n) is 14.8. The van der Waals surface area contributed by atoms with Gasteiger partial charge in [0.1, 0.15) is 0 Å². The molecule has 1 fully saturated rings. The van der Waals surface area contributed by atoms with Crippen molar-refractivity contribution in [1.82, 2.24) is 9.44 Å². The maximum atomic E-state index is 12.5. The molecule has 0 bridgehead atoms. The van der Waals surface area contributed by atoms with Crippen molar-refractivity contribution in [1.29, 1.82) is 0 Å². The van der Waals surface area contributed by atoms with Crippen molar-refractivity contribution in [2.75, 3.05) is 0 Å². The van der Waals surface area contributed by atoms with Crippen LogP contribution in [0.1, 0.15) is 25.7 Å². The van der Waals surface area contributed by atoms with Crippen LogP contribution < -0.4 is 9.44 Å². The molecule has 152 valence electrons. The highest BCUT2D eigenvalue weighted by Gasteiger charge is 2.28. The summed E-state index contributed by atoms with van der Waals surface area (Å²) in [5, 5.41) is 0.930. The average molecular weight is 463 g/mol. The van der Waals surface area contributed by atoms with Crippen molar-refractivity contribution in [2.24, 2.45) is 0 Å². The molecule has 2 aromatic rings. The summed E-state index contributed by atoms with van der Waals surface area (Å²) < 4.78 is 55.2. The van der Waals surface area contributed by atoms with Crippen LogP contribution in [0.25, 0.3) is 0 Å². The molecule has 0 unspecified atom stereocenters. The molecule has 0 heterocycles. The van der Waals surface area contributed by atoms with E-state index in [-0.39, 0.29) is 21.9 Å². The first-order chi connectivity index (χ1) is 13.2. The van der Waals surface area contributed by atoms with Crippen LogP contribution in [-0.2, 0) is 20.0 Å². The molecular formula is C18H20Cl2N2O4S2. The molecule has 0 atom stereocenters. The summed E-state index contributed by atoms with van der Waals surface area (Å²) in [7, 11) is -7.27. The third kappa shape index (κ3) is 5.46. The first-order valence-corrected chi connectivity index (χ1v) is 12.4. The van der Waals surface area contributed by atoms with Crippen LogP contribution in [0.2, 0.25) is 10.0 Å². The van der Waals surface area contributed by atoms with Crippen molar-refractivity contribution in [3.05, 3.63) is 58.6 Å². The normalized spacial score (nSPS) is 20.8. The Morgan fingerprint density at radius 2 is 0.893 bits per heavy atom. The molecule has 3 rings (SSSR count). The van der Waals surface area contributed by atoms with Crippen LogP contribution in [0, 0.1) is 0 Å². The van der Waals surface area contributed by atoms with Crippen molar-refractivity contribution in [2.45, 2.75) is 47.6 Å². The van der Waals surface area contributed by atoms with E-state index in [9.17, 15) is 16.8 Å². The maximum absolute atomic E-state index is 12.5. The van der Waals surface area contributed by atoms with Gasteiger partial charge in [-0.05, 0) is 74.2 Å². The van der Waals surface area contributed by atoms with Crippen molar-refractivity contribution < 1.29 is 16.8 Å². The van der Waals surface area contributed by atoms with Crippen LogP contribution in [-0.4, -0.2) is 28.9 Å². The summed E-state index contributed by atoms with van der Waals surface area (Å²) in [6, 6.07) is 11.4. The molecule has 0 aliphatic heterocycles. The third-order valence-electron chi connectivity index (χ3n) is 4.62. The zero-order valence-corrected chi connectivity index (χ0v) is 18.0. The van der Waals surface area contributed by atoms with E-state index >= 15 is 0 Å². The Kier molecular flexibility index (Phi) is 6.69. The molecule has 6 nitrogen and oxygen atoms in total. The van der Waals surface area contributed by atoms with Crippen LogP contribution in [0.3, 0.4) is 0 Å². The van der Waals surface area contributed by atoms with Crippen molar-refractivity contribution >= 4 is 43.2 Å². The highest BCUT2D eigenvalue weighted by molar-refractivity contribution is 7.89. The zero-order chi connectivity index (χ0) is 20.4. The second kappa shape index (κ2) is 8.69. The predicted molar refractivity (Wildman–Crippen MR) is 110 cm³/mol. The fraction of sp³-hybridized carbons (Fsp3) is 0.333. The summed E-state index contributed by atoms with van der Waals surface area (Å²) in [5.74, 6) is 0. The van der Waals surface area contributed by atoms with Gasteiger partial charge in [-0.25, -0.2) is 26.3 Å². The number of benzene rings is 2. The molecule has 0 spiro atoms. The molecular weight excluding hydrogens is 443 g/mol. The molecule has 1 aliphatic carbocycles. The SMILES string of the molecule is O=S(=O)(NC1CCC(NS(=O)(=O)c2ccc(Cl)cc2)CC1)c1ccc(Cl)cc1. The Bertz CT molecular complexity index is 931. The van der Waals surface area contributed by atoms with Crippen LogP contribution in [0.5, 0.6) is 0 Å². The summed E-state index contributed by atoms with van der Waals surface area (Å²) >= 11 is 11.6. The molecule has 0 radical (unpaired) electrons. The molecule has 0 aromatic heterocycles. The standard InChI is InChI=1S/C18H20Cl2N2O4S2/c19-13-1-9-17(10-2-13)27(23,24)21-15-5-7-16(8-6-15)22-28(25,26)18-11-3-14(20)4-12-18/h1-4,9-12,15-16,21-22H,5-8H2. The minimum Gasteiger partial charge on any atom is -0.208 e. The van der Waals surface area contributed by atoms with E-state index in [4.69, 9.17) is 23.2 Å². The molecule has 10 heteroatoms. The summed E-state index contributed by atoms with van der Waals surface area (Å²) in [6.07, 6.45) is 2.17. The highest BCUT2D eigenvalue weighted by Crippen LogP contribution is 2.23. The van der Waals surface area contributed by atoms with E-state index in [1.165, 1.54) is 48.5 Å². The van der Waals surface area contributed by atoms with Crippen LogP contribution in [0.15, 0.2) is 58.3 Å². The minimum absolute atomic E-state index is 0.155. The van der Waals surface area contributed by atoms with Gasteiger partial charge in [-0.2, -0.15) is 0 Å². The lowest BCUT2D eigenvalue weighted by molar-refractivity contribution is 0.356. The van der Waals surface area contributed by atoms with Gasteiger partial charge in [-0.3, -0.25) is 0 Å². The average Bonchev–Trinajstić information content (AvgIpc) is 2.64. The van der Waals surface area contributed by atoms with Gasteiger partial charge in [0.2, 0.25) is 20.0 Å². The van der Waals surface area contributed by atoms with E-state index in [0.29, 0.717) is 35.7 Å². The fourth-order valence-electron chi connectivity index (χ4n) is 3.13. The summed E-state index contributed by atoms with van der Waals surface area (Å²) in [5.41, 5.74) is 0. The molecule has 2 N–H and O–H groups in total. The Balaban J connectivity index is 1.57. The first kappa shape index (κ1) is 21.5. The quantitative estimate of drug-likeness (QED) is 0.685. The number of rotatable bonds is 6. The summed E-state index contributed by atoms with van der Waals surface area (Å²) in [6.45, 7) is 0. The molecule has 0 saturated heterocycles. The Labute approximate surface area is 175 Å². The monoisotopic (exact) mass is 462 g/mol. The lowest BCUT2D eigenvalue weighted by Gasteiger charge is -2.29. The van der Waals surface area contributed by atoms with Gasteiger partial charge in [-0.1, -0.05) is 23.2 Å². The molecule has 1 aliphatic rings. The van der Waals surface area contributed by atoms with Crippen molar-refractivity contribution in [3.8, 4) is 0 Å². The van der Waals surface area contributed by atoms with Crippen LogP contribution >= 0.6 is 23.2 Å². The first-order valence-electron chi connectivity index (χ1n) is 8.71. The number of sulfonamides is 2. The Morgan fingerprint density at radius 3 is 1.18 bits per heavy atom. The number of nitrogens with one attached hydrogen (secondary N) is 2. The second-order valence-electron chi connectivity index (χ2n) is 6.70. The van der Waals surface area contributed by atoms with E-state index in [1.807, 2.05) is 0 Å². The summed E-state index contributed by atoms with van der Waals surface area (Å²) in [4.78, 5) is 0.310. The van der Waals surface area contributed by atoms with Gasteiger partial charge in [0, 0.05) is 22.1 Å². The Hall–Kier alpha value is -1.16. The Morgan fingerprint density at radius 1 is 0.607 bits per heavy atom. The lowest BCUT2D eigenvalue weighted by Crippen LogP contribution is -2.43. The van der Waals surface area contributed by atoms with E-state index < -0.39 is 20.0 Å². The number of hydrogen-bond donors (Lipinski definition) is 2. The smallest absolute Gasteiger partial charge is 0.208 e. The largest absolute Gasteiger partial charge is 0.240 e. The molecule has 1 saturated carbocycles. The minimum atomic E-state index is -3.64. The highest BCUT2D eigenvalue weighted by atomic mass is 35.5. The lowest BCUT2D eigenvalue weighted by atomic mass is 9.92. The van der Waals surface area contributed by atoms with Gasteiger partial charge in [0.15, 0.2) is 0 Å². The second-order valence-corrected chi connectivity index (χ2v) is 11.0. The van der Waals surface area contributed by atoms with Gasteiger partial charge < -0.3 is 0 Å². The van der Waals surface area contributed by atoms with Gasteiger partial charge >= 0.3 is 0 Å².